The van der Waals surface area contributed by atoms with Crippen molar-refractivity contribution in [3.8, 4) is 11.3 Å². The Morgan fingerprint density at radius 2 is 1.93 bits per heavy atom. The Morgan fingerprint density at radius 3 is 2.48 bits per heavy atom. The molecule has 1 saturated carbocycles. The summed E-state index contributed by atoms with van der Waals surface area (Å²) in [5.41, 5.74) is 2.92. The molecule has 2 fully saturated rings. The molecule has 2 aromatic heterocycles. The van der Waals surface area contributed by atoms with E-state index in [1.807, 2.05) is 30.9 Å². The topological polar surface area (TPSA) is 58.9 Å². The summed E-state index contributed by atoms with van der Waals surface area (Å²) in [4.78, 5) is 2.69. The molecular weight excluding hydrogens is 336 g/mol. The van der Waals surface area contributed by atoms with Crippen molar-refractivity contribution in [1.82, 2.24) is 24.9 Å². The van der Waals surface area contributed by atoms with E-state index in [-0.39, 0.29) is 0 Å². The van der Waals surface area contributed by atoms with Crippen molar-refractivity contribution in [2.45, 2.75) is 46.1 Å². The summed E-state index contributed by atoms with van der Waals surface area (Å²) >= 11 is 0. The highest BCUT2D eigenvalue weighted by atomic mass is 15.3. The minimum Gasteiger partial charge on any atom is -0.366 e. The maximum atomic E-state index is 4.42. The Labute approximate surface area is 162 Å². The van der Waals surface area contributed by atoms with Gasteiger partial charge in [0.05, 0.1) is 11.4 Å². The molecule has 0 amide bonds. The zero-order valence-electron chi connectivity index (χ0n) is 17.0. The average Bonchev–Trinajstić information content (AvgIpc) is 3.28. The molecular formula is C21H32N6. The molecule has 0 bridgehead atoms. The fourth-order valence-electron chi connectivity index (χ4n) is 4.85. The van der Waals surface area contributed by atoms with E-state index in [1.54, 1.807) is 0 Å². The number of nitrogens with zero attached hydrogens (tertiary/aromatic N) is 5. The lowest BCUT2D eigenvalue weighted by Crippen LogP contribution is -2.29. The summed E-state index contributed by atoms with van der Waals surface area (Å²) in [6.07, 6.45) is 5.79. The van der Waals surface area contributed by atoms with E-state index < -0.39 is 0 Å². The Kier molecular flexibility index (Phi) is 5.17. The Balaban J connectivity index is 1.32. The van der Waals surface area contributed by atoms with Gasteiger partial charge >= 0.3 is 0 Å². The third kappa shape index (κ3) is 4.00. The number of aryl methyl sites for hydroxylation is 2. The number of anilines is 1. The van der Waals surface area contributed by atoms with Crippen LogP contribution in [0.15, 0.2) is 18.3 Å². The highest BCUT2D eigenvalue weighted by Gasteiger charge is 2.40. The van der Waals surface area contributed by atoms with E-state index in [2.05, 4.69) is 45.4 Å². The van der Waals surface area contributed by atoms with Crippen LogP contribution < -0.4 is 5.32 Å². The maximum absolute atomic E-state index is 4.42. The zero-order valence-corrected chi connectivity index (χ0v) is 17.0. The molecule has 4 rings (SSSR count). The molecule has 27 heavy (non-hydrogen) atoms. The molecule has 2 aliphatic rings. The van der Waals surface area contributed by atoms with E-state index in [4.69, 9.17) is 0 Å². The Bertz CT molecular complexity index is 753. The quantitative estimate of drug-likeness (QED) is 0.847. The SMILES string of the molecule is CCC(C)CN1C[C@H]2CC(Nc3ccc(-c4cn(C)nc4C)nn3)C[C@H]2C1. The number of hydrogen-bond donors (Lipinski definition) is 1. The summed E-state index contributed by atoms with van der Waals surface area (Å²) in [5, 5.41) is 16.8. The Morgan fingerprint density at radius 1 is 1.19 bits per heavy atom. The molecule has 1 N–H and O–H groups in total. The molecule has 2 unspecified atom stereocenters. The maximum Gasteiger partial charge on any atom is 0.148 e. The molecule has 146 valence electrons. The van der Waals surface area contributed by atoms with E-state index in [0.29, 0.717) is 6.04 Å². The fourth-order valence-corrected chi connectivity index (χ4v) is 4.85. The highest BCUT2D eigenvalue weighted by Crippen LogP contribution is 2.39. The van der Waals surface area contributed by atoms with Gasteiger partial charge in [-0.25, -0.2) is 0 Å². The van der Waals surface area contributed by atoms with Crippen LogP contribution in [-0.4, -0.2) is 50.6 Å². The second-order valence-electron chi connectivity index (χ2n) is 8.67. The van der Waals surface area contributed by atoms with Crippen LogP contribution in [0.25, 0.3) is 11.3 Å². The van der Waals surface area contributed by atoms with Crippen LogP contribution in [0.2, 0.25) is 0 Å². The second kappa shape index (κ2) is 7.58. The lowest BCUT2D eigenvalue weighted by molar-refractivity contribution is 0.263. The number of nitrogens with one attached hydrogen (secondary N) is 1. The van der Waals surface area contributed by atoms with Gasteiger partial charge in [0.1, 0.15) is 5.82 Å². The van der Waals surface area contributed by atoms with Crippen LogP contribution in [-0.2, 0) is 7.05 Å². The summed E-state index contributed by atoms with van der Waals surface area (Å²) in [5.74, 6) is 3.39. The van der Waals surface area contributed by atoms with Gasteiger partial charge in [-0.05, 0) is 49.7 Å². The minimum absolute atomic E-state index is 0.533. The van der Waals surface area contributed by atoms with Gasteiger partial charge in [-0.1, -0.05) is 20.3 Å². The molecule has 6 heteroatoms. The molecule has 3 heterocycles. The first-order valence-corrected chi connectivity index (χ1v) is 10.3. The summed E-state index contributed by atoms with van der Waals surface area (Å²) in [6.45, 7) is 10.5. The van der Waals surface area contributed by atoms with Crippen LogP contribution in [0.5, 0.6) is 0 Å². The van der Waals surface area contributed by atoms with Gasteiger partial charge in [0.15, 0.2) is 0 Å². The molecule has 0 radical (unpaired) electrons. The highest BCUT2D eigenvalue weighted by molar-refractivity contribution is 5.61. The number of likely N-dealkylation sites (tertiary alicyclic amines) is 1. The molecule has 0 spiro atoms. The number of hydrogen-bond acceptors (Lipinski definition) is 5. The van der Waals surface area contributed by atoms with Gasteiger partial charge in [-0.3, -0.25) is 4.68 Å². The van der Waals surface area contributed by atoms with Gasteiger partial charge in [-0.15, -0.1) is 10.2 Å². The van der Waals surface area contributed by atoms with Crippen molar-refractivity contribution in [3.05, 3.63) is 24.0 Å². The number of fused-ring (bicyclic) bond motifs is 1. The monoisotopic (exact) mass is 368 g/mol. The largest absolute Gasteiger partial charge is 0.366 e. The third-order valence-electron chi connectivity index (χ3n) is 6.40. The fraction of sp³-hybridized carbons (Fsp3) is 0.667. The van der Waals surface area contributed by atoms with Crippen molar-refractivity contribution in [2.75, 3.05) is 25.0 Å². The minimum atomic E-state index is 0.533. The molecule has 1 aliphatic carbocycles. The van der Waals surface area contributed by atoms with Crippen molar-refractivity contribution >= 4 is 5.82 Å². The first kappa shape index (κ1) is 18.4. The molecule has 1 aliphatic heterocycles. The number of aromatic nitrogens is 4. The zero-order chi connectivity index (χ0) is 19.0. The van der Waals surface area contributed by atoms with Crippen LogP contribution >= 0.6 is 0 Å². The first-order valence-electron chi connectivity index (χ1n) is 10.3. The molecule has 2 aromatic rings. The van der Waals surface area contributed by atoms with E-state index >= 15 is 0 Å². The lowest BCUT2D eigenvalue weighted by atomic mass is 10.0. The summed E-state index contributed by atoms with van der Waals surface area (Å²) in [6, 6.07) is 4.63. The van der Waals surface area contributed by atoms with Crippen LogP contribution in [0.3, 0.4) is 0 Å². The van der Waals surface area contributed by atoms with Crippen LogP contribution in [0.4, 0.5) is 5.82 Å². The third-order valence-corrected chi connectivity index (χ3v) is 6.40. The molecule has 6 nitrogen and oxygen atoms in total. The predicted molar refractivity (Wildman–Crippen MR) is 108 cm³/mol. The van der Waals surface area contributed by atoms with Gasteiger partial charge in [0.25, 0.3) is 0 Å². The van der Waals surface area contributed by atoms with Gasteiger partial charge < -0.3 is 10.2 Å². The summed E-state index contributed by atoms with van der Waals surface area (Å²) < 4.78 is 1.82. The molecule has 0 aromatic carbocycles. The molecule has 1 saturated heterocycles. The number of rotatable bonds is 6. The average molecular weight is 369 g/mol. The van der Waals surface area contributed by atoms with Crippen LogP contribution in [0, 0.1) is 24.7 Å². The lowest BCUT2D eigenvalue weighted by Gasteiger charge is -2.22. The molecule has 4 atom stereocenters. The normalized spacial score (nSPS) is 26.3. The Hall–Kier alpha value is -1.95. The van der Waals surface area contributed by atoms with Gasteiger partial charge in [0.2, 0.25) is 0 Å². The van der Waals surface area contributed by atoms with Gasteiger partial charge in [-0.2, -0.15) is 5.10 Å². The van der Waals surface area contributed by atoms with Crippen LogP contribution in [0.1, 0.15) is 38.8 Å². The van der Waals surface area contributed by atoms with Crippen molar-refractivity contribution in [3.63, 3.8) is 0 Å². The van der Waals surface area contributed by atoms with Crippen molar-refractivity contribution in [2.24, 2.45) is 24.8 Å². The standard InChI is InChI=1S/C21H32N6/c1-5-14(2)10-27-11-16-8-18(9-17(16)12-27)22-21-7-6-20(23-24-21)19-13-26(4)25-15(19)3/h6-7,13-14,16-18H,5,8-12H2,1-4H3,(H,22,24)/t14?,16-,17+,18?. The van der Waals surface area contributed by atoms with Gasteiger partial charge in [0, 0.05) is 44.5 Å². The predicted octanol–water partition coefficient (Wildman–Crippen LogP) is 3.35. The van der Waals surface area contributed by atoms with E-state index in [0.717, 1.165) is 40.5 Å². The van der Waals surface area contributed by atoms with Crippen molar-refractivity contribution in [1.29, 1.82) is 0 Å². The first-order chi connectivity index (χ1) is 13.0. The van der Waals surface area contributed by atoms with Crippen molar-refractivity contribution < 1.29 is 0 Å². The second-order valence-corrected chi connectivity index (χ2v) is 8.67. The smallest absolute Gasteiger partial charge is 0.148 e. The van der Waals surface area contributed by atoms with E-state index in [9.17, 15) is 0 Å². The van der Waals surface area contributed by atoms with E-state index in [1.165, 1.54) is 38.9 Å². The summed E-state index contributed by atoms with van der Waals surface area (Å²) in [7, 11) is 1.93.